The number of anilines is 1. The van der Waals surface area contributed by atoms with E-state index in [1.54, 1.807) is 18.6 Å². The third kappa shape index (κ3) is 5.26. The highest BCUT2D eigenvalue weighted by Crippen LogP contribution is 2.29. The molecule has 0 bridgehead atoms. The van der Waals surface area contributed by atoms with Gasteiger partial charge in [0.1, 0.15) is 0 Å². The molecule has 2 N–H and O–H groups in total. The van der Waals surface area contributed by atoms with E-state index in [2.05, 4.69) is 21.7 Å². The first kappa shape index (κ1) is 23.1. The van der Waals surface area contributed by atoms with Crippen LogP contribution in [0.5, 0.6) is 0 Å². The van der Waals surface area contributed by atoms with Crippen molar-refractivity contribution in [3.05, 3.63) is 82.9 Å². The highest BCUT2D eigenvalue weighted by molar-refractivity contribution is 5.97. The number of carbonyl (C=O) groups excluding carboxylic acids is 2. The second-order valence-corrected chi connectivity index (χ2v) is 8.63. The van der Waals surface area contributed by atoms with Crippen molar-refractivity contribution in [2.75, 3.05) is 18.4 Å². The molecule has 4 rings (SSSR count). The summed E-state index contributed by atoms with van der Waals surface area (Å²) < 4.78 is 1.84. The van der Waals surface area contributed by atoms with E-state index < -0.39 is 0 Å². The molecular weight excluding hydrogens is 428 g/mol. The number of aromatic nitrogens is 2. The standard InChI is InChI=1S/C26H28N6O2/c1-18-3-6-22(13-24(18)30-26(34)29-16-23-15-28-17-31(23)2)25(33)32-11-9-21(10-12-32)20-7-4-19(14-27)5-8-20/h3-8,13,15,17,21H,9-12,16H2,1-2H3,(H2,29,30,34). The van der Waals surface area contributed by atoms with Gasteiger partial charge in [-0.25, -0.2) is 9.78 Å². The molecule has 3 amide bonds. The van der Waals surface area contributed by atoms with E-state index in [0.717, 1.165) is 24.1 Å². The molecule has 0 unspecified atom stereocenters. The van der Waals surface area contributed by atoms with Gasteiger partial charge in [-0.1, -0.05) is 18.2 Å². The molecule has 2 aromatic carbocycles. The monoisotopic (exact) mass is 456 g/mol. The third-order valence-electron chi connectivity index (χ3n) is 6.37. The van der Waals surface area contributed by atoms with Crippen LogP contribution < -0.4 is 10.6 Å². The highest BCUT2D eigenvalue weighted by atomic mass is 16.2. The lowest BCUT2D eigenvalue weighted by molar-refractivity contribution is 0.0713. The molecule has 1 aliphatic heterocycles. The number of carbonyl (C=O) groups is 2. The van der Waals surface area contributed by atoms with Crippen LogP contribution in [0.2, 0.25) is 0 Å². The largest absolute Gasteiger partial charge is 0.339 e. The molecule has 1 aromatic heterocycles. The maximum absolute atomic E-state index is 13.1. The summed E-state index contributed by atoms with van der Waals surface area (Å²) in [6, 6.07) is 14.9. The normalized spacial score (nSPS) is 13.9. The van der Waals surface area contributed by atoms with Crippen LogP contribution in [0.3, 0.4) is 0 Å². The van der Waals surface area contributed by atoms with Crippen LogP contribution in [-0.4, -0.2) is 39.5 Å². The van der Waals surface area contributed by atoms with Gasteiger partial charge in [0.05, 0.1) is 30.2 Å². The van der Waals surface area contributed by atoms with Gasteiger partial charge in [0, 0.05) is 37.6 Å². The quantitative estimate of drug-likeness (QED) is 0.607. The Balaban J connectivity index is 1.35. The number of hydrogen-bond donors (Lipinski definition) is 2. The molecule has 8 nitrogen and oxygen atoms in total. The van der Waals surface area contributed by atoms with Crippen LogP contribution in [0.15, 0.2) is 55.0 Å². The van der Waals surface area contributed by atoms with Crippen LogP contribution >= 0.6 is 0 Å². The zero-order valence-electron chi connectivity index (χ0n) is 19.4. The Hall–Kier alpha value is -4.12. The zero-order valence-corrected chi connectivity index (χ0v) is 19.4. The van der Waals surface area contributed by atoms with Crippen LogP contribution in [0, 0.1) is 18.3 Å². The molecular formula is C26H28N6O2. The average Bonchev–Trinajstić information content (AvgIpc) is 3.28. The fourth-order valence-electron chi connectivity index (χ4n) is 4.21. The molecule has 1 saturated heterocycles. The predicted octanol–water partition coefficient (Wildman–Crippen LogP) is 3.94. The summed E-state index contributed by atoms with van der Waals surface area (Å²) in [4.78, 5) is 31.5. The lowest BCUT2D eigenvalue weighted by Gasteiger charge is -2.32. The van der Waals surface area contributed by atoms with E-state index in [-0.39, 0.29) is 11.9 Å². The molecule has 2 heterocycles. The van der Waals surface area contributed by atoms with E-state index in [1.165, 1.54) is 5.56 Å². The Morgan fingerprint density at radius 2 is 1.88 bits per heavy atom. The van der Waals surface area contributed by atoms with Crippen molar-refractivity contribution < 1.29 is 9.59 Å². The summed E-state index contributed by atoms with van der Waals surface area (Å²) >= 11 is 0. The molecule has 3 aromatic rings. The minimum absolute atomic E-state index is 0.0309. The Morgan fingerprint density at radius 3 is 2.53 bits per heavy atom. The number of hydrogen-bond acceptors (Lipinski definition) is 4. The van der Waals surface area contributed by atoms with Crippen molar-refractivity contribution >= 4 is 17.6 Å². The lowest BCUT2D eigenvalue weighted by Crippen LogP contribution is -2.38. The molecule has 1 fully saturated rings. The average molecular weight is 457 g/mol. The Bertz CT molecular complexity index is 1220. The van der Waals surface area contributed by atoms with Gasteiger partial charge in [0.2, 0.25) is 0 Å². The number of imidazole rings is 1. The van der Waals surface area contributed by atoms with Crippen molar-refractivity contribution in [3.8, 4) is 6.07 Å². The van der Waals surface area contributed by atoms with Gasteiger partial charge in [-0.2, -0.15) is 5.26 Å². The molecule has 0 saturated carbocycles. The maximum atomic E-state index is 13.1. The lowest BCUT2D eigenvalue weighted by atomic mass is 9.89. The summed E-state index contributed by atoms with van der Waals surface area (Å²) in [5.41, 5.74) is 4.81. The van der Waals surface area contributed by atoms with Gasteiger partial charge in [0.25, 0.3) is 5.91 Å². The van der Waals surface area contributed by atoms with Gasteiger partial charge < -0.3 is 20.1 Å². The summed E-state index contributed by atoms with van der Waals surface area (Å²) in [5.74, 6) is 0.354. The number of rotatable bonds is 5. The van der Waals surface area contributed by atoms with E-state index in [9.17, 15) is 9.59 Å². The van der Waals surface area contributed by atoms with Gasteiger partial charge in [0.15, 0.2) is 0 Å². The van der Waals surface area contributed by atoms with Crippen molar-refractivity contribution in [1.82, 2.24) is 19.8 Å². The maximum Gasteiger partial charge on any atom is 0.319 e. The first-order chi connectivity index (χ1) is 16.4. The van der Waals surface area contributed by atoms with Gasteiger partial charge in [-0.05, 0) is 61.1 Å². The summed E-state index contributed by atoms with van der Waals surface area (Å²) in [6.07, 6.45) is 5.15. The highest BCUT2D eigenvalue weighted by Gasteiger charge is 2.25. The van der Waals surface area contributed by atoms with Crippen molar-refractivity contribution in [3.63, 3.8) is 0 Å². The topological polar surface area (TPSA) is 103 Å². The fraction of sp³-hybridized carbons (Fsp3) is 0.308. The Morgan fingerprint density at radius 1 is 1.15 bits per heavy atom. The second kappa shape index (κ2) is 10.2. The molecule has 34 heavy (non-hydrogen) atoms. The first-order valence-corrected chi connectivity index (χ1v) is 11.3. The van der Waals surface area contributed by atoms with Crippen LogP contribution in [0.4, 0.5) is 10.5 Å². The molecule has 174 valence electrons. The number of amides is 3. The number of nitrogens with one attached hydrogen (secondary N) is 2. The SMILES string of the molecule is Cc1ccc(C(=O)N2CCC(c3ccc(C#N)cc3)CC2)cc1NC(=O)NCc1cncn1C. The minimum atomic E-state index is -0.336. The van der Waals surface area contributed by atoms with E-state index >= 15 is 0 Å². The molecule has 0 atom stereocenters. The first-order valence-electron chi connectivity index (χ1n) is 11.3. The van der Waals surface area contributed by atoms with Crippen LogP contribution in [0.25, 0.3) is 0 Å². The van der Waals surface area contributed by atoms with E-state index in [0.29, 0.717) is 42.4 Å². The van der Waals surface area contributed by atoms with Crippen molar-refractivity contribution in [2.24, 2.45) is 7.05 Å². The van der Waals surface area contributed by atoms with Crippen LogP contribution in [0.1, 0.15) is 51.5 Å². The molecule has 0 aliphatic carbocycles. The Kier molecular flexibility index (Phi) is 6.93. The number of urea groups is 1. The number of likely N-dealkylation sites (tertiary alicyclic amines) is 1. The number of nitriles is 1. The predicted molar refractivity (Wildman–Crippen MR) is 129 cm³/mol. The fourth-order valence-corrected chi connectivity index (χ4v) is 4.21. The smallest absolute Gasteiger partial charge is 0.319 e. The minimum Gasteiger partial charge on any atom is -0.339 e. The summed E-state index contributed by atoms with van der Waals surface area (Å²) in [5, 5.41) is 14.7. The van der Waals surface area contributed by atoms with Crippen LogP contribution in [-0.2, 0) is 13.6 Å². The van der Waals surface area contributed by atoms with E-state index in [1.807, 2.05) is 59.8 Å². The van der Waals surface area contributed by atoms with Gasteiger partial charge in [-0.3, -0.25) is 4.79 Å². The summed E-state index contributed by atoms with van der Waals surface area (Å²) in [7, 11) is 1.87. The molecule has 8 heteroatoms. The zero-order chi connectivity index (χ0) is 24.1. The second-order valence-electron chi connectivity index (χ2n) is 8.63. The van der Waals surface area contributed by atoms with Crippen molar-refractivity contribution in [1.29, 1.82) is 5.26 Å². The molecule has 1 aliphatic rings. The number of piperidine rings is 1. The third-order valence-corrected chi connectivity index (χ3v) is 6.37. The molecule has 0 radical (unpaired) electrons. The van der Waals surface area contributed by atoms with Gasteiger partial charge in [-0.15, -0.1) is 0 Å². The Labute approximate surface area is 199 Å². The van der Waals surface area contributed by atoms with Crippen molar-refractivity contribution in [2.45, 2.75) is 32.2 Å². The van der Waals surface area contributed by atoms with Gasteiger partial charge >= 0.3 is 6.03 Å². The molecule has 0 spiro atoms. The number of aryl methyl sites for hydroxylation is 2. The summed E-state index contributed by atoms with van der Waals surface area (Å²) in [6.45, 7) is 3.60. The number of nitrogens with zero attached hydrogens (tertiary/aromatic N) is 4. The van der Waals surface area contributed by atoms with E-state index in [4.69, 9.17) is 5.26 Å². The number of benzene rings is 2.